The zero-order chi connectivity index (χ0) is 21.6. The monoisotopic (exact) mass is 418 g/mol. The SMILES string of the molecule is CCNS(=O)(=O)c1ccc(C(=O)OCC(=O)Nc2c(C)cccc2C(C)C)cc1. The van der Waals surface area contributed by atoms with Crippen LogP contribution in [0.4, 0.5) is 5.69 Å². The van der Waals surface area contributed by atoms with Crippen LogP contribution in [0.2, 0.25) is 0 Å². The molecule has 0 bridgehead atoms. The van der Waals surface area contributed by atoms with Crippen molar-refractivity contribution in [1.82, 2.24) is 4.72 Å². The molecule has 2 aromatic carbocycles. The summed E-state index contributed by atoms with van der Waals surface area (Å²) in [5.41, 5.74) is 2.81. The number of carbonyl (C=O) groups is 2. The molecule has 0 aromatic heterocycles. The van der Waals surface area contributed by atoms with Gasteiger partial charge in [0, 0.05) is 12.2 Å². The number of hydrogen-bond acceptors (Lipinski definition) is 5. The van der Waals surface area contributed by atoms with Crippen molar-refractivity contribution in [3.63, 3.8) is 0 Å². The van der Waals surface area contributed by atoms with E-state index in [0.717, 1.165) is 16.8 Å². The Bertz CT molecular complexity index is 983. The van der Waals surface area contributed by atoms with Crippen LogP contribution < -0.4 is 10.0 Å². The Morgan fingerprint density at radius 3 is 2.31 bits per heavy atom. The summed E-state index contributed by atoms with van der Waals surface area (Å²) in [4.78, 5) is 24.5. The summed E-state index contributed by atoms with van der Waals surface area (Å²) < 4.78 is 31.3. The fourth-order valence-electron chi connectivity index (χ4n) is 2.78. The summed E-state index contributed by atoms with van der Waals surface area (Å²) in [5, 5.41) is 2.81. The van der Waals surface area contributed by atoms with Crippen molar-refractivity contribution < 1.29 is 22.7 Å². The summed E-state index contributed by atoms with van der Waals surface area (Å²) in [5.74, 6) is -0.924. The van der Waals surface area contributed by atoms with Crippen molar-refractivity contribution in [2.75, 3.05) is 18.5 Å². The van der Waals surface area contributed by atoms with Gasteiger partial charge in [0.2, 0.25) is 10.0 Å². The van der Waals surface area contributed by atoms with Crippen LogP contribution in [0.25, 0.3) is 0 Å². The van der Waals surface area contributed by atoms with Crippen LogP contribution in [-0.2, 0) is 19.6 Å². The average Bonchev–Trinajstić information content (AvgIpc) is 2.67. The largest absolute Gasteiger partial charge is 0.452 e. The third kappa shape index (κ3) is 5.88. The van der Waals surface area contributed by atoms with E-state index < -0.39 is 28.5 Å². The highest BCUT2D eigenvalue weighted by atomic mass is 32.2. The Kier molecular flexibility index (Phi) is 7.53. The molecule has 29 heavy (non-hydrogen) atoms. The van der Waals surface area contributed by atoms with E-state index in [1.54, 1.807) is 6.92 Å². The number of rotatable bonds is 8. The molecule has 7 nitrogen and oxygen atoms in total. The third-order valence-electron chi connectivity index (χ3n) is 4.26. The summed E-state index contributed by atoms with van der Waals surface area (Å²) in [6.45, 7) is 7.46. The number of anilines is 1. The van der Waals surface area contributed by atoms with Crippen LogP contribution >= 0.6 is 0 Å². The molecule has 0 heterocycles. The van der Waals surface area contributed by atoms with Gasteiger partial charge < -0.3 is 10.1 Å². The second kappa shape index (κ2) is 9.67. The van der Waals surface area contributed by atoms with Crippen LogP contribution in [0, 0.1) is 6.92 Å². The number of nitrogens with one attached hydrogen (secondary N) is 2. The van der Waals surface area contributed by atoms with Gasteiger partial charge in [-0.1, -0.05) is 39.0 Å². The van der Waals surface area contributed by atoms with Crippen LogP contribution in [0.3, 0.4) is 0 Å². The number of hydrogen-bond donors (Lipinski definition) is 2. The Hall–Kier alpha value is -2.71. The number of sulfonamides is 1. The van der Waals surface area contributed by atoms with E-state index in [-0.39, 0.29) is 22.9 Å². The van der Waals surface area contributed by atoms with Crippen LogP contribution in [-0.4, -0.2) is 33.4 Å². The first-order chi connectivity index (χ1) is 13.7. The minimum atomic E-state index is -3.59. The van der Waals surface area contributed by atoms with Crippen molar-refractivity contribution in [1.29, 1.82) is 0 Å². The minimum absolute atomic E-state index is 0.0504. The van der Waals surface area contributed by atoms with Gasteiger partial charge >= 0.3 is 5.97 Å². The lowest BCUT2D eigenvalue weighted by Crippen LogP contribution is -2.23. The predicted octanol–water partition coefficient (Wildman–Crippen LogP) is 3.21. The normalized spacial score (nSPS) is 11.3. The van der Waals surface area contributed by atoms with Gasteiger partial charge in [-0.05, 0) is 48.2 Å². The van der Waals surface area contributed by atoms with Gasteiger partial charge in [0.15, 0.2) is 6.61 Å². The van der Waals surface area contributed by atoms with E-state index >= 15 is 0 Å². The number of amides is 1. The maximum absolute atomic E-state index is 12.3. The Morgan fingerprint density at radius 2 is 1.72 bits per heavy atom. The maximum atomic E-state index is 12.3. The molecule has 156 valence electrons. The minimum Gasteiger partial charge on any atom is -0.452 e. The number of esters is 1. The van der Waals surface area contributed by atoms with E-state index in [9.17, 15) is 18.0 Å². The van der Waals surface area contributed by atoms with Gasteiger partial charge in [-0.15, -0.1) is 0 Å². The first kappa shape index (κ1) is 22.6. The molecule has 1 amide bonds. The molecule has 0 aliphatic rings. The molecule has 0 saturated carbocycles. The van der Waals surface area contributed by atoms with Crippen LogP contribution in [0.1, 0.15) is 48.2 Å². The van der Waals surface area contributed by atoms with E-state index in [2.05, 4.69) is 10.0 Å². The number of benzene rings is 2. The summed E-state index contributed by atoms with van der Waals surface area (Å²) in [6, 6.07) is 11.1. The second-order valence-electron chi connectivity index (χ2n) is 6.84. The van der Waals surface area contributed by atoms with Crippen LogP contribution in [0.15, 0.2) is 47.4 Å². The molecular weight excluding hydrogens is 392 g/mol. The Morgan fingerprint density at radius 1 is 1.07 bits per heavy atom. The van der Waals surface area contributed by atoms with E-state index in [4.69, 9.17) is 4.74 Å². The lowest BCUT2D eigenvalue weighted by Gasteiger charge is -2.16. The van der Waals surface area contributed by atoms with Crippen molar-refractivity contribution in [2.45, 2.75) is 38.5 Å². The lowest BCUT2D eigenvalue weighted by molar-refractivity contribution is -0.119. The zero-order valence-corrected chi connectivity index (χ0v) is 17.8. The number of aryl methyl sites for hydroxylation is 1. The molecule has 0 aliphatic carbocycles. The molecule has 0 fully saturated rings. The van der Waals surface area contributed by atoms with Crippen LogP contribution in [0.5, 0.6) is 0 Å². The highest BCUT2D eigenvalue weighted by molar-refractivity contribution is 7.89. The molecule has 0 unspecified atom stereocenters. The molecular formula is C21H26N2O5S. The molecule has 2 rings (SSSR count). The number of carbonyl (C=O) groups excluding carboxylic acids is 2. The molecule has 0 saturated heterocycles. The van der Waals surface area contributed by atoms with Gasteiger partial charge in [-0.25, -0.2) is 17.9 Å². The van der Waals surface area contributed by atoms with Crippen molar-refractivity contribution >= 4 is 27.6 Å². The number of ether oxygens (including phenoxy) is 1. The maximum Gasteiger partial charge on any atom is 0.338 e. The molecule has 0 spiro atoms. The highest BCUT2D eigenvalue weighted by Crippen LogP contribution is 2.27. The predicted molar refractivity (Wildman–Crippen MR) is 111 cm³/mol. The first-order valence-corrected chi connectivity index (χ1v) is 10.8. The molecule has 8 heteroatoms. The third-order valence-corrected chi connectivity index (χ3v) is 5.82. The molecule has 0 atom stereocenters. The molecule has 2 aromatic rings. The quantitative estimate of drug-likeness (QED) is 0.641. The Balaban J connectivity index is 2.00. The molecule has 2 N–H and O–H groups in total. The summed E-state index contributed by atoms with van der Waals surface area (Å²) in [6.07, 6.45) is 0. The Labute approximate surface area is 171 Å². The zero-order valence-electron chi connectivity index (χ0n) is 17.0. The fraction of sp³-hybridized carbons (Fsp3) is 0.333. The second-order valence-corrected chi connectivity index (χ2v) is 8.61. The molecule has 0 radical (unpaired) electrons. The van der Waals surface area contributed by atoms with Crippen molar-refractivity contribution in [3.05, 3.63) is 59.2 Å². The summed E-state index contributed by atoms with van der Waals surface area (Å²) >= 11 is 0. The van der Waals surface area contributed by atoms with E-state index in [1.165, 1.54) is 24.3 Å². The fourth-order valence-corrected chi connectivity index (χ4v) is 3.82. The molecule has 0 aliphatic heterocycles. The lowest BCUT2D eigenvalue weighted by atomic mass is 9.98. The number of para-hydroxylation sites is 1. The summed E-state index contributed by atoms with van der Waals surface area (Å²) in [7, 11) is -3.59. The van der Waals surface area contributed by atoms with Gasteiger partial charge in [0.25, 0.3) is 5.91 Å². The standard InChI is InChI=1S/C21H26N2O5S/c1-5-22-29(26,27)17-11-9-16(10-12-17)21(25)28-13-19(24)23-20-15(4)7-6-8-18(20)14(2)3/h6-12,14,22H,5,13H2,1-4H3,(H,23,24). The van der Waals surface area contributed by atoms with Gasteiger partial charge in [0.1, 0.15) is 0 Å². The van der Waals surface area contributed by atoms with E-state index in [0.29, 0.717) is 0 Å². The topological polar surface area (TPSA) is 102 Å². The smallest absolute Gasteiger partial charge is 0.338 e. The van der Waals surface area contributed by atoms with Gasteiger partial charge in [0.05, 0.1) is 10.5 Å². The van der Waals surface area contributed by atoms with E-state index in [1.807, 2.05) is 39.0 Å². The highest BCUT2D eigenvalue weighted by Gasteiger charge is 2.16. The van der Waals surface area contributed by atoms with Crippen molar-refractivity contribution in [2.24, 2.45) is 0 Å². The van der Waals surface area contributed by atoms with Gasteiger partial charge in [-0.3, -0.25) is 4.79 Å². The van der Waals surface area contributed by atoms with Crippen molar-refractivity contribution in [3.8, 4) is 0 Å². The van der Waals surface area contributed by atoms with Gasteiger partial charge in [-0.2, -0.15) is 0 Å². The average molecular weight is 419 g/mol. The first-order valence-electron chi connectivity index (χ1n) is 9.32.